The Hall–Kier alpha value is -1.43. The zero-order valence-electron chi connectivity index (χ0n) is 9.47. The molecule has 0 aliphatic rings. The van der Waals surface area contributed by atoms with Gasteiger partial charge in [-0.15, -0.1) is 0 Å². The first-order valence-electron chi connectivity index (χ1n) is 4.93. The quantitative estimate of drug-likeness (QED) is 0.896. The van der Waals surface area contributed by atoms with Crippen molar-refractivity contribution in [1.29, 1.82) is 0 Å². The topological polar surface area (TPSA) is 71.4 Å². The second-order valence-corrected chi connectivity index (χ2v) is 5.95. The number of sulfone groups is 1. The summed E-state index contributed by atoms with van der Waals surface area (Å²) in [7, 11) is -3.59. The number of hydrogen-bond donors (Lipinski definition) is 1. The number of carboxylic acids is 1. The van der Waals surface area contributed by atoms with E-state index in [1.54, 1.807) is 6.92 Å². The number of benzene rings is 1. The molecule has 0 spiro atoms. The highest BCUT2D eigenvalue weighted by Gasteiger charge is 2.17. The SMILES string of the molecule is CC(CC(=O)O)c1ccc(S(C)(=O)=O)c(F)c1. The van der Waals surface area contributed by atoms with Gasteiger partial charge in [0.15, 0.2) is 9.84 Å². The fraction of sp³-hybridized carbons (Fsp3) is 0.364. The Morgan fingerprint density at radius 2 is 2.06 bits per heavy atom. The maximum absolute atomic E-state index is 13.5. The molecule has 0 saturated heterocycles. The fourth-order valence-corrected chi connectivity index (χ4v) is 2.23. The van der Waals surface area contributed by atoms with Crippen LogP contribution >= 0.6 is 0 Å². The predicted molar refractivity (Wildman–Crippen MR) is 60.2 cm³/mol. The number of hydrogen-bond acceptors (Lipinski definition) is 3. The van der Waals surface area contributed by atoms with Crippen LogP contribution in [0.1, 0.15) is 24.8 Å². The molecule has 1 unspecified atom stereocenters. The predicted octanol–water partition coefficient (Wildman–Crippen LogP) is 1.81. The van der Waals surface area contributed by atoms with Gasteiger partial charge in [0.1, 0.15) is 10.7 Å². The van der Waals surface area contributed by atoms with Crippen molar-refractivity contribution in [3.05, 3.63) is 29.6 Å². The number of rotatable bonds is 4. The highest BCUT2D eigenvalue weighted by molar-refractivity contribution is 7.90. The van der Waals surface area contributed by atoms with Crippen molar-refractivity contribution >= 4 is 15.8 Å². The minimum absolute atomic E-state index is 0.127. The average Bonchev–Trinajstić information content (AvgIpc) is 2.14. The summed E-state index contributed by atoms with van der Waals surface area (Å²) in [6, 6.07) is 3.68. The van der Waals surface area contributed by atoms with Crippen molar-refractivity contribution in [3.8, 4) is 0 Å². The molecule has 0 aromatic heterocycles. The maximum atomic E-state index is 13.5. The molecule has 0 bridgehead atoms. The van der Waals surface area contributed by atoms with E-state index in [4.69, 9.17) is 5.11 Å². The Kier molecular flexibility index (Phi) is 3.87. The lowest BCUT2D eigenvalue weighted by atomic mass is 9.98. The number of carboxylic acid groups (broad SMARTS) is 1. The van der Waals surface area contributed by atoms with Gasteiger partial charge in [-0.2, -0.15) is 0 Å². The van der Waals surface area contributed by atoms with E-state index in [-0.39, 0.29) is 17.2 Å². The summed E-state index contributed by atoms with van der Waals surface area (Å²) < 4.78 is 35.9. The van der Waals surface area contributed by atoms with Gasteiger partial charge < -0.3 is 5.11 Å². The molecule has 1 N–H and O–H groups in total. The van der Waals surface area contributed by atoms with Crippen LogP contribution in [-0.4, -0.2) is 25.7 Å². The molecule has 1 atom stereocenters. The zero-order chi connectivity index (χ0) is 13.2. The lowest BCUT2D eigenvalue weighted by molar-refractivity contribution is -0.137. The molecule has 1 aromatic carbocycles. The smallest absolute Gasteiger partial charge is 0.303 e. The monoisotopic (exact) mass is 260 g/mol. The Morgan fingerprint density at radius 1 is 1.47 bits per heavy atom. The molecular formula is C11H13FO4S. The Labute approximate surface area is 99.0 Å². The van der Waals surface area contributed by atoms with Crippen molar-refractivity contribution in [2.24, 2.45) is 0 Å². The van der Waals surface area contributed by atoms with Crippen molar-refractivity contribution in [1.82, 2.24) is 0 Å². The van der Waals surface area contributed by atoms with Crippen molar-refractivity contribution in [3.63, 3.8) is 0 Å². The summed E-state index contributed by atoms with van der Waals surface area (Å²) in [5, 5.41) is 8.61. The summed E-state index contributed by atoms with van der Waals surface area (Å²) in [6.45, 7) is 1.64. The molecule has 17 heavy (non-hydrogen) atoms. The van der Waals surface area contributed by atoms with Crippen molar-refractivity contribution < 1.29 is 22.7 Å². The Morgan fingerprint density at radius 3 is 2.47 bits per heavy atom. The van der Waals surface area contributed by atoms with Gasteiger partial charge in [0.05, 0.1) is 6.42 Å². The van der Waals surface area contributed by atoms with Crippen LogP contribution in [0.2, 0.25) is 0 Å². The third-order valence-corrected chi connectivity index (χ3v) is 3.54. The molecule has 0 saturated carbocycles. The molecule has 0 fully saturated rings. The number of carbonyl (C=O) groups is 1. The van der Waals surface area contributed by atoms with E-state index in [9.17, 15) is 17.6 Å². The molecule has 0 heterocycles. The summed E-state index contributed by atoms with van der Waals surface area (Å²) in [5.74, 6) is -2.19. The van der Waals surface area contributed by atoms with E-state index in [1.165, 1.54) is 12.1 Å². The van der Waals surface area contributed by atoms with Gasteiger partial charge in [-0.1, -0.05) is 13.0 Å². The molecule has 1 rings (SSSR count). The average molecular weight is 260 g/mol. The van der Waals surface area contributed by atoms with Gasteiger partial charge in [-0.25, -0.2) is 12.8 Å². The normalized spacial score (nSPS) is 13.4. The van der Waals surface area contributed by atoms with Gasteiger partial charge >= 0.3 is 5.97 Å². The maximum Gasteiger partial charge on any atom is 0.303 e. The van der Waals surface area contributed by atoms with Crippen LogP contribution in [0.25, 0.3) is 0 Å². The van der Waals surface area contributed by atoms with Crippen molar-refractivity contribution in [2.75, 3.05) is 6.26 Å². The van der Waals surface area contributed by atoms with Crippen LogP contribution in [0, 0.1) is 5.82 Å². The highest BCUT2D eigenvalue weighted by Crippen LogP contribution is 2.23. The molecule has 0 aliphatic carbocycles. The van der Waals surface area contributed by atoms with E-state index in [0.717, 1.165) is 12.3 Å². The minimum atomic E-state index is -3.59. The summed E-state index contributed by atoms with van der Waals surface area (Å²) in [4.78, 5) is 10.1. The molecule has 1 aromatic rings. The van der Waals surface area contributed by atoms with Gasteiger partial charge in [-0.3, -0.25) is 4.79 Å². The van der Waals surface area contributed by atoms with Gasteiger partial charge in [0.25, 0.3) is 0 Å². The van der Waals surface area contributed by atoms with Crippen LogP contribution in [0.15, 0.2) is 23.1 Å². The van der Waals surface area contributed by atoms with Crippen LogP contribution in [-0.2, 0) is 14.6 Å². The van der Waals surface area contributed by atoms with Crippen LogP contribution in [0.4, 0.5) is 4.39 Å². The largest absolute Gasteiger partial charge is 0.481 e. The Bertz CT molecular complexity index is 536. The van der Waals surface area contributed by atoms with E-state index >= 15 is 0 Å². The molecule has 0 amide bonds. The summed E-state index contributed by atoms with van der Waals surface area (Å²) >= 11 is 0. The van der Waals surface area contributed by atoms with E-state index in [2.05, 4.69) is 0 Å². The van der Waals surface area contributed by atoms with Crippen LogP contribution in [0.3, 0.4) is 0 Å². The fourth-order valence-electron chi connectivity index (χ4n) is 1.50. The number of halogens is 1. The number of aliphatic carboxylic acids is 1. The second kappa shape index (κ2) is 4.83. The molecule has 0 aliphatic heterocycles. The summed E-state index contributed by atoms with van der Waals surface area (Å²) in [6.07, 6.45) is 0.795. The summed E-state index contributed by atoms with van der Waals surface area (Å²) in [5.41, 5.74) is 0.470. The molecule has 0 radical (unpaired) electrons. The minimum Gasteiger partial charge on any atom is -0.481 e. The third-order valence-electron chi connectivity index (χ3n) is 2.41. The van der Waals surface area contributed by atoms with E-state index in [0.29, 0.717) is 5.56 Å². The highest BCUT2D eigenvalue weighted by atomic mass is 32.2. The molecular weight excluding hydrogens is 247 g/mol. The second-order valence-electron chi connectivity index (χ2n) is 3.96. The van der Waals surface area contributed by atoms with Gasteiger partial charge in [0.2, 0.25) is 0 Å². The van der Waals surface area contributed by atoms with Crippen LogP contribution in [0.5, 0.6) is 0 Å². The molecule has 6 heteroatoms. The first kappa shape index (κ1) is 13.6. The van der Waals surface area contributed by atoms with E-state index in [1.807, 2.05) is 0 Å². The van der Waals surface area contributed by atoms with Gasteiger partial charge in [-0.05, 0) is 23.6 Å². The van der Waals surface area contributed by atoms with Crippen molar-refractivity contribution in [2.45, 2.75) is 24.2 Å². The lowest BCUT2D eigenvalue weighted by Gasteiger charge is -2.10. The molecule has 4 nitrogen and oxygen atoms in total. The standard InChI is InChI=1S/C11H13FO4S/c1-7(5-11(13)14)8-3-4-10(9(12)6-8)17(2,15)16/h3-4,6-7H,5H2,1-2H3,(H,13,14). The zero-order valence-corrected chi connectivity index (χ0v) is 10.3. The first-order valence-corrected chi connectivity index (χ1v) is 6.82. The van der Waals surface area contributed by atoms with Gasteiger partial charge in [0, 0.05) is 6.26 Å². The van der Waals surface area contributed by atoms with Crippen LogP contribution < -0.4 is 0 Å². The third kappa shape index (κ3) is 3.52. The Balaban J connectivity index is 3.09. The van der Waals surface area contributed by atoms with E-state index < -0.39 is 21.6 Å². The first-order chi connectivity index (χ1) is 7.71. The molecule has 94 valence electrons. The lowest BCUT2D eigenvalue weighted by Crippen LogP contribution is -2.05.